The van der Waals surface area contributed by atoms with Crippen LogP contribution in [0.15, 0.2) is 71.1 Å². The number of nitrogens with one attached hydrogen (secondary N) is 2. The third-order valence-electron chi connectivity index (χ3n) is 6.25. The number of halogens is 1. The van der Waals surface area contributed by atoms with E-state index in [9.17, 15) is 21.2 Å². The molecule has 0 spiro atoms. The molecule has 0 fully saturated rings. The van der Waals surface area contributed by atoms with Crippen LogP contribution in [0.2, 0.25) is 0 Å². The van der Waals surface area contributed by atoms with E-state index < -0.39 is 31.3 Å². The van der Waals surface area contributed by atoms with Gasteiger partial charge in [-0.3, -0.25) is 0 Å². The van der Waals surface area contributed by atoms with Gasteiger partial charge in [-0.25, -0.2) is 31.6 Å². The van der Waals surface area contributed by atoms with Crippen molar-refractivity contribution in [2.24, 2.45) is 0 Å². The van der Waals surface area contributed by atoms with E-state index in [-0.39, 0.29) is 28.9 Å². The average Bonchev–Trinajstić information content (AvgIpc) is 3.56. The Morgan fingerprint density at radius 1 is 1.05 bits per heavy atom. The molecule has 2 heterocycles. The lowest BCUT2D eigenvalue weighted by Crippen LogP contribution is -2.38. The molecular weight excluding hydrogens is 594 g/mol. The zero-order valence-electron chi connectivity index (χ0n) is 21.7. The number of ether oxygens (including phenoxy) is 1. The smallest absolute Gasteiger partial charge is 0.249 e. The lowest BCUT2D eigenvalue weighted by Gasteiger charge is -2.27. The Hall–Kier alpha value is -3.60. The van der Waals surface area contributed by atoms with E-state index in [2.05, 4.69) is 20.6 Å². The van der Waals surface area contributed by atoms with Crippen molar-refractivity contribution in [1.29, 1.82) is 0 Å². The zero-order chi connectivity index (χ0) is 29.2. The second-order valence-electron chi connectivity index (χ2n) is 9.02. The van der Waals surface area contributed by atoms with Crippen molar-refractivity contribution in [3.8, 4) is 11.1 Å². The minimum Gasteiger partial charge on any atom is -0.421 e. The van der Waals surface area contributed by atoms with Crippen LogP contribution in [0.1, 0.15) is 27.9 Å². The van der Waals surface area contributed by atoms with Crippen molar-refractivity contribution >= 4 is 42.3 Å². The van der Waals surface area contributed by atoms with E-state index in [0.717, 1.165) is 40.3 Å². The third kappa shape index (κ3) is 5.77. The first-order chi connectivity index (χ1) is 19.6. The molecule has 41 heavy (non-hydrogen) atoms. The number of methoxy groups -OCH3 is 1. The van der Waals surface area contributed by atoms with Crippen LogP contribution in [0.4, 0.5) is 4.39 Å². The van der Waals surface area contributed by atoms with Gasteiger partial charge in [-0.05, 0) is 46.5 Å². The quantitative estimate of drug-likeness (QED) is 0.149. The number of thiazole rings is 1. The summed E-state index contributed by atoms with van der Waals surface area (Å²) in [6.07, 6.45) is 0.989. The number of fused-ring (bicyclic) bond motifs is 1. The Kier molecular flexibility index (Phi) is 8.26. The molecule has 2 N–H and O–H groups in total. The number of nitrogens with zero attached hydrogens (tertiary/aromatic N) is 3. The number of hydrogen-bond donors (Lipinski definition) is 3. The fourth-order valence-corrected chi connectivity index (χ4v) is 7.65. The maximum absolute atomic E-state index is 14.5. The summed E-state index contributed by atoms with van der Waals surface area (Å²) in [6, 6.07) is 18.6. The summed E-state index contributed by atoms with van der Waals surface area (Å²) >= 11 is 1.11. The van der Waals surface area contributed by atoms with E-state index in [1.54, 1.807) is 13.2 Å². The van der Waals surface area contributed by atoms with Crippen LogP contribution >= 0.6 is 11.3 Å². The van der Waals surface area contributed by atoms with Gasteiger partial charge in [0.25, 0.3) is 0 Å². The monoisotopic (exact) mass is 617 g/mol. The van der Waals surface area contributed by atoms with Crippen LogP contribution in [0, 0.1) is 5.82 Å². The average molecular weight is 618 g/mol. The Labute approximate surface area is 240 Å². The standard InChI is InChI=1S/C26H24FN5O6S3/c1-37-15-16-6-8-17(9-7-16)18-10-11-21-22(12-18)39-25(29-21)26(41(2,35)36,19-4-3-5-20(27)13-19)24-31-30-23(38-24)14-28-32-40(33)34/h3-13,28,40H,14-15H2,1-2H3,(H,32,33,34). The predicted octanol–water partition coefficient (Wildman–Crippen LogP) is 3.09. The molecule has 2 aromatic heterocycles. The maximum Gasteiger partial charge on any atom is 0.249 e. The lowest BCUT2D eigenvalue weighted by molar-refractivity contribution is 0.185. The molecule has 1 unspecified atom stereocenters. The molecule has 214 valence electrons. The number of hydrazine groups is 1. The van der Waals surface area contributed by atoms with Gasteiger partial charge in [0, 0.05) is 13.4 Å². The maximum atomic E-state index is 14.5. The molecule has 1 atom stereocenters. The van der Waals surface area contributed by atoms with Crippen molar-refractivity contribution in [1.82, 2.24) is 25.4 Å². The summed E-state index contributed by atoms with van der Waals surface area (Å²) in [5.74, 6) is -1.13. The van der Waals surface area contributed by atoms with E-state index in [4.69, 9.17) is 9.15 Å². The van der Waals surface area contributed by atoms with E-state index >= 15 is 0 Å². The molecule has 5 rings (SSSR count). The molecule has 0 amide bonds. The zero-order valence-corrected chi connectivity index (χ0v) is 24.2. The molecular formula is C26H24FN5O6S3. The van der Waals surface area contributed by atoms with E-state index in [1.165, 1.54) is 18.2 Å². The van der Waals surface area contributed by atoms with E-state index in [0.29, 0.717) is 16.8 Å². The van der Waals surface area contributed by atoms with Gasteiger partial charge in [0.2, 0.25) is 27.4 Å². The van der Waals surface area contributed by atoms with Gasteiger partial charge in [0.15, 0.2) is 9.84 Å². The number of benzene rings is 3. The van der Waals surface area contributed by atoms with Gasteiger partial charge in [-0.1, -0.05) is 42.5 Å². The molecule has 3 aromatic carbocycles. The summed E-state index contributed by atoms with van der Waals surface area (Å²) in [4.78, 5) is 6.65. The van der Waals surface area contributed by atoms with Crippen LogP contribution in [-0.2, 0) is 43.4 Å². The summed E-state index contributed by atoms with van der Waals surface area (Å²) in [5.41, 5.74) is 5.79. The highest BCUT2D eigenvalue weighted by atomic mass is 32.2. The van der Waals surface area contributed by atoms with Crippen LogP contribution in [0.5, 0.6) is 0 Å². The molecule has 5 aromatic rings. The van der Waals surface area contributed by atoms with Crippen LogP contribution in [-0.4, -0.2) is 45.4 Å². The van der Waals surface area contributed by atoms with Crippen molar-refractivity contribution in [2.45, 2.75) is 17.9 Å². The molecule has 11 nitrogen and oxygen atoms in total. The normalized spacial score (nSPS) is 13.6. The largest absolute Gasteiger partial charge is 0.421 e. The Balaban J connectivity index is 1.66. The first-order valence-electron chi connectivity index (χ1n) is 12.0. The number of hydrogen-bond acceptors (Lipinski definition) is 11. The number of thiol groups is 1. The van der Waals surface area contributed by atoms with Gasteiger partial charge in [0.05, 0.1) is 23.4 Å². The highest BCUT2D eigenvalue weighted by Crippen LogP contribution is 2.46. The molecule has 15 heteroatoms. The first-order valence-corrected chi connectivity index (χ1v) is 15.9. The van der Waals surface area contributed by atoms with Gasteiger partial charge < -0.3 is 9.15 Å². The number of sulfone groups is 1. The van der Waals surface area contributed by atoms with Crippen molar-refractivity contribution < 1.29 is 30.4 Å². The SMILES string of the molecule is COCc1ccc(-c2ccc3nc(C(c4cccc(F)c4)(c4nnc(CNN[SH](=O)=O)o4)S(C)(=O)=O)sc3c2)cc1. The topological polar surface area (TPSA) is 153 Å². The molecule has 0 radical (unpaired) electrons. The molecule has 0 bridgehead atoms. The first kappa shape index (κ1) is 28.9. The van der Waals surface area contributed by atoms with Crippen LogP contribution in [0.25, 0.3) is 21.3 Å². The highest BCUT2D eigenvalue weighted by molar-refractivity contribution is 7.92. The molecule has 0 aliphatic rings. The predicted molar refractivity (Wildman–Crippen MR) is 151 cm³/mol. The van der Waals surface area contributed by atoms with Crippen molar-refractivity contribution in [3.05, 3.63) is 100 Å². The Bertz CT molecular complexity index is 1880. The minimum absolute atomic E-state index is 0.0249. The van der Waals surface area contributed by atoms with Gasteiger partial charge in [-0.2, -0.15) is 4.83 Å². The molecule has 0 saturated heterocycles. The van der Waals surface area contributed by atoms with Crippen molar-refractivity contribution in [2.75, 3.05) is 13.4 Å². The molecule has 0 aliphatic heterocycles. The highest BCUT2D eigenvalue weighted by Gasteiger charge is 2.54. The Morgan fingerprint density at radius 3 is 2.49 bits per heavy atom. The van der Waals surface area contributed by atoms with Crippen LogP contribution < -0.4 is 10.3 Å². The molecule has 0 saturated carbocycles. The summed E-state index contributed by atoms with van der Waals surface area (Å²) in [5, 5.41) is 7.98. The second kappa shape index (κ2) is 11.7. The summed E-state index contributed by atoms with van der Waals surface area (Å²) < 4.78 is 73.0. The minimum atomic E-state index is -4.20. The lowest BCUT2D eigenvalue weighted by atomic mass is 9.98. The van der Waals surface area contributed by atoms with Crippen LogP contribution in [0.3, 0.4) is 0 Å². The Morgan fingerprint density at radius 2 is 1.80 bits per heavy atom. The van der Waals surface area contributed by atoms with Crippen molar-refractivity contribution in [3.63, 3.8) is 0 Å². The van der Waals surface area contributed by atoms with Gasteiger partial charge >= 0.3 is 0 Å². The summed E-state index contributed by atoms with van der Waals surface area (Å²) in [7, 11) is -5.52. The fraction of sp³-hybridized carbons (Fsp3) is 0.192. The fourth-order valence-electron chi connectivity index (χ4n) is 4.44. The number of aromatic nitrogens is 3. The van der Waals surface area contributed by atoms with E-state index in [1.807, 2.05) is 41.2 Å². The molecule has 0 aliphatic carbocycles. The second-order valence-corrected chi connectivity index (χ2v) is 12.9. The summed E-state index contributed by atoms with van der Waals surface area (Å²) in [6.45, 7) is 0.263. The van der Waals surface area contributed by atoms with Gasteiger partial charge in [0.1, 0.15) is 10.8 Å². The number of rotatable bonds is 11. The third-order valence-corrected chi connectivity index (χ3v) is 9.58. The van der Waals surface area contributed by atoms with Gasteiger partial charge in [-0.15, -0.1) is 21.5 Å².